The van der Waals surface area contributed by atoms with Gasteiger partial charge in [-0.1, -0.05) is 18.0 Å². The lowest BCUT2D eigenvalue weighted by molar-refractivity contribution is 0.194. The third-order valence-electron chi connectivity index (χ3n) is 3.46. The molecular weight excluding hydrogens is 234 g/mol. The first-order valence-electron chi connectivity index (χ1n) is 6.16. The highest BCUT2D eigenvalue weighted by molar-refractivity contribution is 6.31. The molecule has 3 nitrogen and oxygen atoms in total. The van der Waals surface area contributed by atoms with E-state index >= 15 is 0 Å². The molecule has 17 heavy (non-hydrogen) atoms. The van der Waals surface area contributed by atoms with E-state index in [-0.39, 0.29) is 0 Å². The SMILES string of the molecule is CN1CCCCC1CNc1ccc(Cl)cc1N. The Morgan fingerprint density at radius 1 is 1.47 bits per heavy atom. The molecular formula is C13H20ClN3. The lowest BCUT2D eigenvalue weighted by Crippen LogP contribution is -2.40. The molecule has 0 aliphatic carbocycles. The highest BCUT2D eigenvalue weighted by Gasteiger charge is 2.18. The van der Waals surface area contributed by atoms with Gasteiger partial charge in [0.2, 0.25) is 0 Å². The number of piperidine rings is 1. The minimum Gasteiger partial charge on any atom is -0.397 e. The van der Waals surface area contributed by atoms with Crippen molar-refractivity contribution in [3.63, 3.8) is 0 Å². The van der Waals surface area contributed by atoms with Crippen molar-refractivity contribution < 1.29 is 0 Å². The van der Waals surface area contributed by atoms with Crippen LogP contribution in [0.3, 0.4) is 0 Å². The second-order valence-electron chi connectivity index (χ2n) is 4.74. The van der Waals surface area contributed by atoms with Crippen LogP contribution < -0.4 is 11.1 Å². The van der Waals surface area contributed by atoms with Crippen LogP contribution in [0, 0.1) is 0 Å². The van der Waals surface area contributed by atoms with E-state index in [0.29, 0.717) is 11.1 Å². The Bertz CT molecular complexity index is 381. The van der Waals surface area contributed by atoms with E-state index in [1.807, 2.05) is 12.1 Å². The molecule has 1 aliphatic heterocycles. The third kappa shape index (κ3) is 3.27. The molecule has 1 aromatic carbocycles. The number of nitrogens with one attached hydrogen (secondary N) is 1. The first kappa shape index (κ1) is 12.5. The Morgan fingerprint density at radius 2 is 2.29 bits per heavy atom. The number of rotatable bonds is 3. The van der Waals surface area contributed by atoms with Crippen LogP contribution in [0.1, 0.15) is 19.3 Å². The predicted octanol–water partition coefficient (Wildman–Crippen LogP) is 2.82. The highest BCUT2D eigenvalue weighted by atomic mass is 35.5. The average Bonchev–Trinajstić information content (AvgIpc) is 2.30. The zero-order chi connectivity index (χ0) is 12.3. The normalized spacial score (nSPS) is 21.4. The number of likely N-dealkylation sites (N-methyl/N-ethyl adjacent to an activating group) is 1. The van der Waals surface area contributed by atoms with Crippen LogP contribution in [0.2, 0.25) is 5.02 Å². The van der Waals surface area contributed by atoms with Crippen LogP contribution in [0.15, 0.2) is 18.2 Å². The van der Waals surface area contributed by atoms with Gasteiger partial charge in [-0.3, -0.25) is 0 Å². The summed E-state index contributed by atoms with van der Waals surface area (Å²) in [5.41, 5.74) is 7.61. The predicted molar refractivity (Wildman–Crippen MR) is 74.6 cm³/mol. The molecule has 1 fully saturated rings. The molecule has 0 saturated carbocycles. The van der Waals surface area contributed by atoms with E-state index in [1.165, 1.54) is 25.8 Å². The average molecular weight is 254 g/mol. The molecule has 1 saturated heterocycles. The Kier molecular flexibility index (Phi) is 4.13. The molecule has 1 unspecified atom stereocenters. The fourth-order valence-corrected chi connectivity index (χ4v) is 2.50. The monoisotopic (exact) mass is 253 g/mol. The molecule has 3 N–H and O–H groups in total. The molecule has 1 atom stereocenters. The van der Waals surface area contributed by atoms with E-state index in [9.17, 15) is 0 Å². The van der Waals surface area contributed by atoms with E-state index in [2.05, 4.69) is 17.3 Å². The summed E-state index contributed by atoms with van der Waals surface area (Å²) >= 11 is 5.87. The van der Waals surface area contributed by atoms with Gasteiger partial charge in [-0.05, 0) is 44.6 Å². The van der Waals surface area contributed by atoms with Crippen molar-refractivity contribution in [2.75, 3.05) is 31.2 Å². The maximum atomic E-state index is 5.91. The van der Waals surface area contributed by atoms with E-state index < -0.39 is 0 Å². The molecule has 4 heteroatoms. The molecule has 0 radical (unpaired) electrons. The number of hydrogen-bond donors (Lipinski definition) is 2. The topological polar surface area (TPSA) is 41.3 Å². The number of hydrogen-bond acceptors (Lipinski definition) is 3. The summed E-state index contributed by atoms with van der Waals surface area (Å²) in [4.78, 5) is 2.42. The van der Waals surface area contributed by atoms with E-state index in [1.54, 1.807) is 6.07 Å². The van der Waals surface area contributed by atoms with Crippen LogP contribution in [-0.4, -0.2) is 31.1 Å². The second-order valence-corrected chi connectivity index (χ2v) is 5.18. The van der Waals surface area contributed by atoms with Crippen LogP contribution >= 0.6 is 11.6 Å². The molecule has 0 aromatic heterocycles. The van der Waals surface area contributed by atoms with Gasteiger partial charge in [0.25, 0.3) is 0 Å². The first-order valence-corrected chi connectivity index (χ1v) is 6.54. The van der Waals surface area contributed by atoms with Crippen molar-refractivity contribution in [3.8, 4) is 0 Å². The number of nitrogens with zero attached hydrogens (tertiary/aromatic N) is 1. The van der Waals surface area contributed by atoms with Crippen molar-refractivity contribution in [1.82, 2.24) is 4.90 Å². The van der Waals surface area contributed by atoms with Crippen LogP contribution in [0.25, 0.3) is 0 Å². The molecule has 0 bridgehead atoms. The summed E-state index contributed by atoms with van der Waals surface area (Å²) in [7, 11) is 2.19. The van der Waals surface area contributed by atoms with Gasteiger partial charge < -0.3 is 16.0 Å². The third-order valence-corrected chi connectivity index (χ3v) is 3.70. The number of halogens is 1. The summed E-state index contributed by atoms with van der Waals surface area (Å²) in [6, 6.07) is 6.21. The molecule has 1 aromatic rings. The first-order chi connectivity index (χ1) is 8.16. The molecule has 1 aliphatic rings. The number of benzene rings is 1. The summed E-state index contributed by atoms with van der Waals surface area (Å²) < 4.78 is 0. The number of nitrogen functional groups attached to an aromatic ring is 1. The molecule has 0 amide bonds. The van der Waals surface area contributed by atoms with Crippen LogP contribution in [0.5, 0.6) is 0 Å². The maximum absolute atomic E-state index is 5.91. The second kappa shape index (κ2) is 5.61. The van der Waals surface area contributed by atoms with Crippen molar-refractivity contribution >= 4 is 23.0 Å². The largest absolute Gasteiger partial charge is 0.397 e. The van der Waals surface area contributed by atoms with Crippen LogP contribution in [0.4, 0.5) is 11.4 Å². The summed E-state index contributed by atoms with van der Waals surface area (Å²) in [5.74, 6) is 0. The van der Waals surface area contributed by atoms with Gasteiger partial charge in [-0.25, -0.2) is 0 Å². The Hall–Kier alpha value is -0.930. The lowest BCUT2D eigenvalue weighted by atomic mass is 10.0. The molecule has 1 heterocycles. The Balaban J connectivity index is 1.92. The highest BCUT2D eigenvalue weighted by Crippen LogP contribution is 2.23. The Morgan fingerprint density at radius 3 is 3.00 bits per heavy atom. The van der Waals surface area contributed by atoms with Gasteiger partial charge in [0.1, 0.15) is 0 Å². The summed E-state index contributed by atoms with van der Waals surface area (Å²) in [6.45, 7) is 2.14. The zero-order valence-electron chi connectivity index (χ0n) is 10.2. The minimum absolute atomic E-state index is 0.610. The lowest BCUT2D eigenvalue weighted by Gasteiger charge is -2.32. The van der Waals surface area contributed by atoms with Gasteiger partial charge in [-0.15, -0.1) is 0 Å². The van der Waals surface area contributed by atoms with Gasteiger partial charge in [0.15, 0.2) is 0 Å². The Labute approximate surface area is 108 Å². The fourth-order valence-electron chi connectivity index (χ4n) is 2.32. The van der Waals surface area contributed by atoms with Crippen molar-refractivity contribution in [1.29, 1.82) is 0 Å². The number of anilines is 2. The molecule has 2 rings (SSSR count). The van der Waals surface area contributed by atoms with Gasteiger partial charge in [0, 0.05) is 17.6 Å². The van der Waals surface area contributed by atoms with Gasteiger partial charge in [-0.2, -0.15) is 0 Å². The van der Waals surface area contributed by atoms with E-state index in [0.717, 1.165) is 17.9 Å². The van der Waals surface area contributed by atoms with Gasteiger partial charge >= 0.3 is 0 Å². The fraction of sp³-hybridized carbons (Fsp3) is 0.538. The minimum atomic E-state index is 0.610. The quantitative estimate of drug-likeness (QED) is 0.814. The molecule has 0 spiro atoms. The van der Waals surface area contributed by atoms with Crippen molar-refractivity contribution in [2.45, 2.75) is 25.3 Å². The number of nitrogens with two attached hydrogens (primary N) is 1. The van der Waals surface area contributed by atoms with Gasteiger partial charge in [0.05, 0.1) is 11.4 Å². The summed E-state index contributed by atoms with van der Waals surface area (Å²) in [5, 5.41) is 4.10. The standard InChI is InChI=1S/C13H20ClN3/c1-17-7-3-2-4-11(17)9-16-13-6-5-10(14)8-12(13)15/h5-6,8,11,16H,2-4,7,9,15H2,1H3. The number of likely N-dealkylation sites (tertiary alicyclic amines) is 1. The zero-order valence-corrected chi connectivity index (χ0v) is 11.0. The van der Waals surface area contributed by atoms with Crippen LogP contribution in [-0.2, 0) is 0 Å². The summed E-state index contributed by atoms with van der Waals surface area (Å²) in [6.07, 6.45) is 3.90. The van der Waals surface area contributed by atoms with Crippen molar-refractivity contribution in [2.24, 2.45) is 0 Å². The smallest absolute Gasteiger partial charge is 0.0575 e. The van der Waals surface area contributed by atoms with E-state index in [4.69, 9.17) is 17.3 Å². The van der Waals surface area contributed by atoms with Crippen molar-refractivity contribution in [3.05, 3.63) is 23.2 Å². The molecule has 94 valence electrons. The maximum Gasteiger partial charge on any atom is 0.0575 e.